The molecule has 4 nitrogen and oxygen atoms in total. The highest BCUT2D eigenvalue weighted by atomic mass is 16.3. The first-order valence-corrected chi connectivity index (χ1v) is 4.06. The third-order valence-electron chi connectivity index (χ3n) is 2.05. The highest BCUT2D eigenvalue weighted by Gasteiger charge is 2.17. The molecule has 0 radical (unpaired) electrons. The number of aryl methyl sites for hydroxylation is 1. The third-order valence-corrected chi connectivity index (χ3v) is 2.05. The Morgan fingerprint density at radius 2 is 2.23 bits per heavy atom. The number of rotatable bonds is 3. The minimum Gasteiger partial charge on any atom is -0.352 e. The minimum atomic E-state index is -0.473. The number of ketones is 1. The Balaban J connectivity index is 3.23. The van der Waals surface area contributed by atoms with Gasteiger partial charge in [0.1, 0.15) is 6.04 Å². The van der Waals surface area contributed by atoms with E-state index in [0.717, 1.165) is 0 Å². The monoisotopic (exact) mass is 180 g/mol. The van der Waals surface area contributed by atoms with Crippen molar-refractivity contribution in [1.29, 1.82) is 0 Å². The van der Waals surface area contributed by atoms with E-state index in [9.17, 15) is 9.70 Å². The van der Waals surface area contributed by atoms with E-state index in [1.54, 1.807) is 30.8 Å². The maximum absolute atomic E-state index is 11.1. The zero-order valence-electron chi connectivity index (χ0n) is 7.94. The van der Waals surface area contributed by atoms with Crippen LogP contribution in [-0.4, -0.2) is 10.4 Å². The molecule has 1 heterocycles. The molecule has 0 aliphatic rings. The molecule has 1 atom stereocenters. The lowest BCUT2D eigenvalue weighted by atomic mass is 10.1. The number of hydrogen-bond acceptors (Lipinski definition) is 3. The van der Waals surface area contributed by atoms with Crippen molar-refractivity contribution in [2.75, 3.05) is 0 Å². The van der Waals surface area contributed by atoms with Gasteiger partial charge in [-0.1, -0.05) is 5.18 Å². The Labute approximate surface area is 76.5 Å². The molecular weight excluding hydrogens is 168 g/mol. The highest BCUT2D eigenvalue weighted by Crippen LogP contribution is 2.21. The minimum absolute atomic E-state index is 0.0360. The van der Waals surface area contributed by atoms with Gasteiger partial charge >= 0.3 is 0 Å². The molecule has 0 aliphatic heterocycles. The second-order valence-electron chi connectivity index (χ2n) is 3.06. The number of Topliss-reactive ketones (excluding diaryl/α,β-unsaturated/α-hetero) is 1. The Bertz CT molecular complexity index is 341. The van der Waals surface area contributed by atoms with Crippen LogP contribution in [0.3, 0.4) is 0 Å². The second-order valence-corrected chi connectivity index (χ2v) is 3.06. The molecular formula is C9H12N2O2. The Kier molecular flexibility index (Phi) is 2.60. The van der Waals surface area contributed by atoms with Gasteiger partial charge in [-0.15, -0.1) is 0 Å². The normalized spacial score (nSPS) is 12.5. The zero-order chi connectivity index (χ0) is 10.0. The van der Waals surface area contributed by atoms with E-state index in [-0.39, 0.29) is 5.78 Å². The van der Waals surface area contributed by atoms with E-state index in [4.69, 9.17) is 0 Å². The van der Waals surface area contributed by atoms with Crippen LogP contribution in [0.4, 0.5) is 0 Å². The quantitative estimate of drug-likeness (QED) is 0.528. The standard InChI is InChI=1S/C9H12N2O2/c1-6(10-13)9-8(7(2)12)4-5-11(9)3/h4-6H,1-3H3. The number of carbonyl (C=O) groups is 1. The highest BCUT2D eigenvalue weighted by molar-refractivity contribution is 5.95. The van der Waals surface area contributed by atoms with Gasteiger partial charge in [-0.05, 0) is 19.9 Å². The van der Waals surface area contributed by atoms with E-state index in [0.29, 0.717) is 11.3 Å². The second kappa shape index (κ2) is 3.51. The van der Waals surface area contributed by atoms with Crippen molar-refractivity contribution in [3.8, 4) is 0 Å². The molecule has 1 aromatic rings. The Hall–Kier alpha value is -1.45. The third kappa shape index (κ3) is 1.66. The molecule has 0 aliphatic carbocycles. The predicted octanol–water partition coefficient (Wildman–Crippen LogP) is 2.06. The summed E-state index contributed by atoms with van der Waals surface area (Å²) in [5, 5.41) is 2.91. The van der Waals surface area contributed by atoms with E-state index in [1.165, 1.54) is 6.92 Å². The van der Waals surface area contributed by atoms with Crippen molar-refractivity contribution < 1.29 is 4.79 Å². The topological polar surface area (TPSA) is 51.4 Å². The molecule has 0 amide bonds. The fraction of sp³-hybridized carbons (Fsp3) is 0.444. The number of nitroso groups, excluding NO2 is 1. The summed E-state index contributed by atoms with van der Waals surface area (Å²) in [5.41, 5.74) is 1.26. The van der Waals surface area contributed by atoms with Crippen molar-refractivity contribution in [3.05, 3.63) is 28.4 Å². The molecule has 0 spiro atoms. The van der Waals surface area contributed by atoms with E-state index in [1.807, 2.05) is 0 Å². The average Bonchev–Trinajstić information content (AvgIpc) is 2.46. The molecule has 0 fully saturated rings. The fourth-order valence-corrected chi connectivity index (χ4v) is 1.41. The molecule has 0 aromatic carbocycles. The molecule has 0 N–H and O–H groups in total. The summed E-state index contributed by atoms with van der Waals surface area (Å²) < 4.78 is 1.75. The van der Waals surface area contributed by atoms with Crippen LogP contribution in [-0.2, 0) is 7.05 Å². The number of nitrogens with zero attached hydrogens (tertiary/aromatic N) is 2. The van der Waals surface area contributed by atoms with Crippen LogP contribution >= 0.6 is 0 Å². The molecule has 1 aromatic heterocycles. The smallest absolute Gasteiger partial charge is 0.161 e. The van der Waals surface area contributed by atoms with Crippen molar-refractivity contribution >= 4 is 5.78 Å². The summed E-state index contributed by atoms with van der Waals surface area (Å²) >= 11 is 0. The summed E-state index contributed by atoms with van der Waals surface area (Å²) in [6.45, 7) is 3.16. The molecule has 1 rings (SSSR count). The molecule has 4 heteroatoms. The van der Waals surface area contributed by atoms with Crippen LogP contribution < -0.4 is 0 Å². The van der Waals surface area contributed by atoms with Gasteiger partial charge < -0.3 is 4.57 Å². The van der Waals surface area contributed by atoms with Crippen molar-refractivity contribution in [2.45, 2.75) is 19.9 Å². The van der Waals surface area contributed by atoms with E-state index < -0.39 is 6.04 Å². The summed E-state index contributed by atoms with van der Waals surface area (Å²) in [4.78, 5) is 21.5. The summed E-state index contributed by atoms with van der Waals surface area (Å²) in [6, 6.07) is 1.23. The van der Waals surface area contributed by atoms with Crippen LogP contribution in [0.25, 0.3) is 0 Å². The molecule has 0 saturated carbocycles. The van der Waals surface area contributed by atoms with E-state index >= 15 is 0 Å². The molecule has 13 heavy (non-hydrogen) atoms. The first-order valence-electron chi connectivity index (χ1n) is 4.06. The largest absolute Gasteiger partial charge is 0.352 e. The molecule has 70 valence electrons. The lowest BCUT2D eigenvalue weighted by Gasteiger charge is -2.06. The average molecular weight is 180 g/mol. The van der Waals surface area contributed by atoms with Crippen LogP contribution in [0.1, 0.15) is 35.9 Å². The lowest BCUT2D eigenvalue weighted by Crippen LogP contribution is -2.04. The van der Waals surface area contributed by atoms with Gasteiger partial charge in [0.05, 0.1) is 5.69 Å². The van der Waals surface area contributed by atoms with Crippen molar-refractivity contribution in [3.63, 3.8) is 0 Å². The van der Waals surface area contributed by atoms with E-state index in [2.05, 4.69) is 5.18 Å². The zero-order valence-corrected chi connectivity index (χ0v) is 7.94. The van der Waals surface area contributed by atoms with Gasteiger partial charge in [0.25, 0.3) is 0 Å². The lowest BCUT2D eigenvalue weighted by molar-refractivity contribution is 0.101. The van der Waals surface area contributed by atoms with Crippen LogP contribution in [0.5, 0.6) is 0 Å². The first-order chi connectivity index (χ1) is 6.07. The van der Waals surface area contributed by atoms with Gasteiger partial charge in [-0.25, -0.2) is 0 Å². The van der Waals surface area contributed by atoms with Gasteiger partial charge in [0, 0.05) is 18.8 Å². The maximum atomic E-state index is 11.1. The van der Waals surface area contributed by atoms with Crippen LogP contribution in [0.2, 0.25) is 0 Å². The van der Waals surface area contributed by atoms with Gasteiger partial charge in [-0.3, -0.25) is 4.79 Å². The summed E-state index contributed by atoms with van der Waals surface area (Å²) in [5.74, 6) is -0.0360. The van der Waals surface area contributed by atoms with Crippen LogP contribution in [0.15, 0.2) is 17.4 Å². The van der Waals surface area contributed by atoms with Gasteiger partial charge in [0.15, 0.2) is 5.78 Å². The number of aromatic nitrogens is 1. The fourth-order valence-electron chi connectivity index (χ4n) is 1.41. The van der Waals surface area contributed by atoms with Gasteiger partial charge in [0.2, 0.25) is 0 Å². The maximum Gasteiger partial charge on any atom is 0.161 e. The van der Waals surface area contributed by atoms with Crippen molar-refractivity contribution in [1.82, 2.24) is 4.57 Å². The number of hydrogen-bond donors (Lipinski definition) is 0. The Morgan fingerprint density at radius 3 is 2.69 bits per heavy atom. The van der Waals surface area contributed by atoms with Gasteiger partial charge in [-0.2, -0.15) is 4.91 Å². The van der Waals surface area contributed by atoms with Crippen LogP contribution in [0, 0.1) is 4.91 Å². The molecule has 0 saturated heterocycles. The number of carbonyl (C=O) groups excluding carboxylic acids is 1. The van der Waals surface area contributed by atoms with Crippen molar-refractivity contribution in [2.24, 2.45) is 12.2 Å². The Morgan fingerprint density at radius 1 is 1.62 bits per heavy atom. The summed E-state index contributed by atoms with van der Waals surface area (Å²) in [6.07, 6.45) is 1.76. The predicted molar refractivity (Wildman–Crippen MR) is 49.6 cm³/mol. The summed E-state index contributed by atoms with van der Waals surface area (Å²) in [7, 11) is 1.80. The molecule has 0 bridgehead atoms. The molecule has 1 unspecified atom stereocenters. The SMILES string of the molecule is CC(=O)c1ccn(C)c1C(C)N=O. The first kappa shape index (κ1) is 9.64.